The van der Waals surface area contributed by atoms with Crippen molar-refractivity contribution >= 4 is 12.0 Å². The Bertz CT molecular complexity index is 1290. The topological polar surface area (TPSA) is 91.8 Å². The van der Waals surface area contributed by atoms with E-state index in [4.69, 9.17) is 4.74 Å². The third-order valence-corrected chi connectivity index (χ3v) is 6.96. The minimum absolute atomic E-state index is 0.155. The van der Waals surface area contributed by atoms with Gasteiger partial charge in [-0.05, 0) is 64.8 Å². The van der Waals surface area contributed by atoms with Crippen LogP contribution in [0.15, 0.2) is 72.9 Å². The Balaban J connectivity index is 1.47. The maximum atomic E-state index is 13.3. The van der Waals surface area contributed by atoms with E-state index in [1.165, 1.54) is 0 Å². The molecule has 0 aliphatic carbocycles. The van der Waals surface area contributed by atoms with Gasteiger partial charge in [0, 0.05) is 36.7 Å². The van der Waals surface area contributed by atoms with Gasteiger partial charge in [0.15, 0.2) is 0 Å². The number of cyclic esters (lactones) is 1. The molecule has 2 N–H and O–H groups in total. The van der Waals surface area contributed by atoms with Crippen molar-refractivity contribution in [1.82, 2.24) is 15.2 Å². The molecule has 1 saturated heterocycles. The van der Waals surface area contributed by atoms with Crippen molar-refractivity contribution in [2.75, 3.05) is 6.54 Å². The Hall–Kier alpha value is -3.71. The van der Waals surface area contributed by atoms with Crippen molar-refractivity contribution in [2.45, 2.75) is 77.2 Å². The molecule has 39 heavy (non-hydrogen) atoms. The number of benzene rings is 2. The number of carbonyl (C=O) groups excluding carboxylic acids is 2. The number of nitrogens with one attached hydrogen (secondary N) is 1. The standard InChI is InChI=1S/C32H39N3O4/c1-22(35-19-18-32(39-29(35)37,21-31(5,6)38)26-10-8-7-9-11-26)23-12-14-24(15-13-23)27-17-16-25(20-33-27)28(36)34-30(2,3)4/h7-17,20,22,38H,18-19,21H2,1-6H3,(H,34,36). The molecule has 1 fully saturated rings. The average molecular weight is 530 g/mol. The predicted octanol–water partition coefficient (Wildman–Crippen LogP) is 6.24. The number of aliphatic hydroxyl groups is 1. The van der Waals surface area contributed by atoms with Gasteiger partial charge in [-0.1, -0.05) is 54.6 Å². The highest BCUT2D eigenvalue weighted by Crippen LogP contribution is 2.42. The number of aromatic nitrogens is 1. The van der Waals surface area contributed by atoms with Crippen molar-refractivity contribution in [2.24, 2.45) is 0 Å². The first-order valence-electron chi connectivity index (χ1n) is 13.4. The van der Waals surface area contributed by atoms with Gasteiger partial charge in [-0.2, -0.15) is 0 Å². The Labute approximate surface area is 231 Å². The molecular formula is C32H39N3O4. The first-order chi connectivity index (χ1) is 18.3. The first-order valence-corrected chi connectivity index (χ1v) is 13.4. The molecule has 0 saturated carbocycles. The van der Waals surface area contributed by atoms with Crippen LogP contribution in [0.4, 0.5) is 4.79 Å². The number of hydrogen-bond donors (Lipinski definition) is 2. The van der Waals surface area contributed by atoms with Gasteiger partial charge in [-0.25, -0.2) is 4.79 Å². The predicted molar refractivity (Wildman–Crippen MR) is 152 cm³/mol. The molecule has 4 rings (SSSR count). The fraction of sp³-hybridized carbons (Fsp3) is 0.406. The Morgan fingerprint density at radius 2 is 1.72 bits per heavy atom. The number of rotatable bonds is 7. The Morgan fingerprint density at radius 3 is 2.26 bits per heavy atom. The maximum absolute atomic E-state index is 13.3. The van der Waals surface area contributed by atoms with Gasteiger partial charge in [-0.15, -0.1) is 0 Å². The normalized spacial score (nSPS) is 18.8. The van der Waals surface area contributed by atoms with E-state index in [0.717, 1.165) is 22.4 Å². The number of carbonyl (C=O) groups is 2. The molecule has 1 aliphatic heterocycles. The molecule has 2 aromatic carbocycles. The van der Waals surface area contributed by atoms with Crippen molar-refractivity contribution < 1.29 is 19.4 Å². The number of pyridine rings is 1. The summed E-state index contributed by atoms with van der Waals surface area (Å²) in [5, 5.41) is 13.6. The summed E-state index contributed by atoms with van der Waals surface area (Å²) in [6.45, 7) is 11.8. The van der Waals surface area contributed by atoms with Crippen LogP contribution in [0.3, 0.4) is 0 Å². The molecule has 7 heteroatoms. The summed E-state index contributed by atoms with van der Waals surface area (Å²) in [5.41, 5.74) is 1.88. The van der Waals surface area contributed by atoms with Crippen molar-refractivity contribution in [3.8, 4) is 11.3 Å². The molecule has 2 amide bonds. The van der Waals surface area contributed by atoms with Crippen LogP contribution in [0.5, 0.6) is 0 Å². The molecule has 2 heterocycles. The van der Waals surface area contributed by atoms with Crippen LogP contribution in [0.25, 0.3) is 11.3 Å². The van der Waals surface area contributed by atoms with Gasteiger partial charge in [0.2, 0.25) is 0 Å². The summed E-state index contributed by atoms with van der Waals surface area (Å²) in [7, 11) is 0. The molecule has 2 unspecified atom stereocenters. The summed E-state index contributed by atoms with van der Waals surface area (Å²) in [4.78, 5) is 31.9. The largest absolute Gasteiger partial charge is 0.438 e. The highest BCUT2D eigenvalue weighted by Gasteiger charge is 2.46. The molecule has 206 valence electrons. The number of amides is 2. The highest BCUT2D eigenvalue weighted by atomic mass is 16.6. The van der Waals surface area contributed by atoms with Gasteiger partial charge in [0.05, 0.1) is 22.9 Å². The molecule has 0 spiro atoms. The van der Waals surface area contributed by atoms with Crippen LogP contribution in [0, 0.1) is 0 Å². The van der Waals surface area contributed by atoms with Crippen LogP contribution in [-0.2, 0) is 10.3 Å². The summed E-state index contributed by atoms with van der Waals surface area (Å²) in [6, 6.07) is 21.0. The number of hydrogen-bond acceptors (Lipinski definition) is 5. The summed E-state index contributed by atoms with van der Waals surface area (Å²) in [6.07, 6.45) is 2.09. The lowest BCUT2D eigenvalue weighted by atomic mass is 9.80. The second-order valence-corrected chi connectivity index (χ2v) is 12.1. The van der Waals surface area contributed by atoms with Gasteiger partial charge < -0.3 is 20.1 Å². The van der Waals surface area contributed by atoms with E-state index < -0.39 is 17.3 Å². The van der Waals surface area contributed by atoms with Gasteiger partial charge in [-0.3, -0.25) is 9.78 Å². The van der Waals surface area contributed by atoms with E-state index >= 15 is 0 Å². The molecule has 1 aromatic heterocycles. The minimum Gasteiger partial charge on any atom is -0.438 e. The van der Waals surface area contributed by atoms with Crippen LogP contribution in [0.2, 0.25) is 0 Å². The fourth-order valence-electron chi connectivity index (χ4n) is 5.12. The fourth-order valence-corrected chi connectivity index (χ4v) is 5.12. The second kappa shape index (κ2) is 10.8. The van der Waals surface area contributed by atoms with Crippen LogP contribution in [0.1, 0.15) is 81.9 Å². The molecule has 1 aliphatic rings. The first kappa shape index (κ1) is 28.3. The van der Waals surface area contributed by atoms with Crippen LogP contribution >= 0.6 is 0 Å². The molecule has 0 radical (unpaired) electrons. The summed E-state index contributed by atoms with van der Waals surface area (Å²) >= 11 is 0. The Morgan fingerprint density at radius 1 is 1.05 bits per heavy atom. The third-order valence-electron chi connectivity index (χ3n) is 6.96. The van der Waals surface area contributed by atoms with Gasteiger partial charge in [0.1, 0.15) is 5.60 Å². The highest BCUT2D eigenvalue weighted by molar-refractivity contribution is 5.94. The van der Waals surface area contributed by atoms with Gasteiger partial charge in [0.25, 0.3) is 5.91 Å². The minimum atomic E-state index is -0.998. The number of nitrogens with zero attached hydrogens (tertiary/aromatic N) is 2. The maximum Gasteiger partial charge on any atom is 0.411 e. The smallest absolute Gasteiger partial charge is 0.411 e. The number of ether oxygens (including phenoxy) is 1. The molecule has 7 nitrogen and oxygen atoms in total. The monoisotopic (exact) mass is 529 g/mol. The van der Waals surface area contributed by atoms with E-state index in [2.05, 4.69) is 10.3 Å². The average Bonchev–Trinajstić information content (AvgIpc) is 2.87. The van der Waals surface area contributed by atoms with Crippen LogP contribution < -0.4 is 5.32 Å². The summed E-state index contributed by atoms with van der Waals surface area (Å²) in [5.74, 6) is -0.155. The van der Waals surface area contributed by atoms with Crippen molar-refractivity contribution in [3.05, 3.63) is 89.6 Å². The lowest BCUT2D eigenvalue weighted by Gasteiger charge is -2.45. The zero-order chi connectivity index (χ0) is 28.4. The van der Waals surface area contributed by atoms with E-state index in [1.807, 2.05) is 88.4 Å². The zero-order valence-electron chi connectivity index (χ0n) is 23.7. The lowest BCUT2D eigenvalue weighted by Crippen LogP contribution is -2.51. The van der Waals surface area contributed by atoms with E-state index in [1.54, 1.807) is 31.0 Å². The van der Waals surface area contributed by atoms with E-state index in [-0.39, 0.29) is 17.5 Å². The lowest BCUT2D eigenvalue weighted by molar-refractivity contribution is -0.101. The molecule has 0 bridgehead atoms. The second-order valence-electron chi connectivity index (χ2n) is 12.1. The quantitative estimate of drug-likeness (QED) is 0.378. The van der Waals surface area contributed by atoms with Gasteiger partial charge >= 0.3 is 6.09 Å². The van der Waals surface area contributed by atoms with Crippen molar-refractivity contribution in [1.29, 1.82) is 0 Å². The van der Waals surface area contributed by atoms with E-state index in [0.29, 0.717) is 24.9 Å². The molecule has 3 aromatic rings. The van der Waals surface area contributed by atoms with Crippen molar-refractivity contribution in [3.63, 3.8) is 0 Å². The van der Waals surface area contributed by atoms with Crippen LogP contribution in [-0.4, -0.2) is 44.7 Å². The SMILES string of the molecule is CC(c1ccc(-c2ccc(C(=O)NC(C)(C)C)cn2)cc1)N1CCC(CC(C)(C)O)(c2ccccc2)OC1=O. The Kier molecular flexibility index (Phi) is 7.84. The molecule has 2 atom stereocenters. The van der Waals surface area contributed by atoms with E-state index in [9.17, 15) is 14.7 Å². The molecular weight excluding hydrogens is 490 g/mol. The zero-order valence-corrected chi connectivity index (χ0v) is 23.7. The third kappa shape index (κ3) is 6.84. The summed E-state index contributed by atoms with van der Waals surface area (Å²) < 4.78 is 6.13.